The van der Waals surface area contributed by atoms with E-state index in [0.717, 1.165) is 16.8 Å². The third-order valence-corrected chi connectivity index (χ3v) is 6.91. The number of aromatic nitrogens is 3. The maximum Gasteiger partial charge on any atom is 0.338 e. The number of aliphatic hydroxyl groups is 2. The number of nitrogens with zero attached hydrogens (tertiary/aromatic N) is 3. The zero-order valence-electron chi connectivity index (χ0n) is 20.8. The van der Waals surface area contributed by atoms with E-state index in [2.05, 4.69) is 10.3 Å². The number of carbonyl (C=O) groups excluding carboxylic acids is 1. The molecule has 0 amide bonds. The highest BCUT2D eigenvalue weighted by Gasteiger charge is 2.59. The topological polar surface area (TPSA) is 125 Å². The first-order valence-corrected chi connectivity index (χ1v) is 12.3. The maximum absolute atomic E-state index is 13.9. The molecule has 0 saturated carbocycles. The van der Waals surface area contributed by atoms with Crippen molar-refractivity contribution in [1.82, 2.24) is 15.0 Å². The van der Waals surface area contributed by atoms with Crippen molar-refractivity contribution in [3.8, 4) is 17.0 Å². The number of esters is 1. The quantitative estimate of drug-likeness (QED) is 0.353. The molecular weight excluding hydrogens is 523 g/mol. The number of benzene rings is 2. The van der Waals surface area contributed by atoms with Gasteiger partial charge in [-0.05, 0) is 43.2 Å². The second kappa shape index (κ2) is 10.9. The van der Waals surface area contributed by atoms with Crippen LogP contribution in [-0.4, -0.2) is 75.6 Å². The van der Waals surface area contributed by atoms with E-state index in [9.17, 15) is 28.2 Å². The van der Waals surface area contributed by atoms with Crippen molar-refractivity contribution in [2.45, 2.75) is 49.4 Å². The molecule has 5 atom stereocenters. The fourth-order valence-corrected chi connectivity index (χ4v) is 4.95. The number of methoxy groups -OCH3 is 1. The average molecular weight is 550 g/mol. The Bertz CT molecular complexity index is 1320. The Morgan fingerprint density at radius 1 is 1.21 bits per heavy atom. The summed E-state index contributed by atoms with van der Waals surface area (Å²) in [6.07, 6.45) is -0.996. The molecule has 0 radical (unpaired) electrons. The fourth-order valence-electron chi connectivity index (χ4n) is 4.95. The van der Waals surface area contributed by atoms with Gasteiger partial charge in [0.1, 0.15) is 29.7 Å². The van der Waals surface area contributed by atoms with Gasteiger partial charge >= 0.3 is 5.97 Å². The lowest BCUT2D eigenvalue weighted by Crippen LogP contribution is -2.65. The maximum atomic E-state index is 13.9. The van der Waals surface area contributed by atoms with E-state index in [1.54, 1.807) is 12.1 Å². The number of hydrogen-bond donors (Lipinski definition) is 2. The Balaban J connectivity index is 1.56. The van der Waals surface area contributed by atoms with E-state index in [-0.39, 0.29) is 29.8 Å². The number of carbonyl (C=O) groups is 1. The zero-order valence-corrected chi connectivity index (χ0v) is 20.8. The third-order valence-electron chi connectivity index (χ3n) is 6.91. The van der Waals surface area contributed by atoms with Crippen LogP contribution in [-0.2, 0) is 14.2 Å². The first kappa shape index (κ1) is 27.1. The van der Waals surface area contributed by atoms with Gasteiger partial charge < -0.3 is 29.2 Å². The van der Waals surface area contributed by atoms with E-state index in [1.165, 1.54) is 25.4 Å². The highest BCUT2D eigenvalue weighted by Crippen LogP contribution is 2.44. The largest absolute Gasteiger partial charge is 0.497 e. The van der Waals surface area contributed by atoms with Gasteiger partial charge in [0, 0.05) is 12.0 Å². The summed E-state index contributed by atoms with van der Waals surface area (Å²) < 4.78 is 65.5. The molecule has 3 aromatic rings. The zero-order chi connectivity index (χ0) is 27.7. The first-order chi connectivity index (χ1) is 18.8. The van der Waals surface area contributed by atoms with E-state index in [4.69, 9.17) is 18.9 Å². The Labute approximate surface area is 220 Å². The molecule has 5 rings (SSSR count). The average Bonchev–Trinajstić information content (AvgIpc) is 3.44. The van der Waals surface area contributed by atoms with Crippen molar-refractivity contribution in [2.75, 3.05) is 20.3 Å². The minimum absolute atomic E-state index is 0.0384. The Kier molecular flexibility index (Phi) is 7.58. The summed E-state index contributed by atoms with van der Waals surface area (Å²) in [5.41, 5.74) is 0.0179. The molecule has 39 heavy (non-hydrogen) atoms. The third kappa shape index (κ3) is 5.10. The number of rotatable bonds is 6. The lowest BCUT2D eigenvalue weighted by Gasteiger charge is -2.51. The summed E-state index contributed by atoms with van der Waals surface area (Å²) in [6, 6.07) is 6.59. The van der Waals surface area contributed by atoms with Crippen molar-refractivity contribution >= 4 is 5.97 Å². The lowest BCUT2D eigenvalue weighted by atomic mass is 9.86. The second-order valence-electron chi connectivity index (χ2n) is 9.33. The van der Waals surface area contributed by atoms with Crippen LogP contribution in [0.1, 0.15) is 35.7 Å². The number of halogens is 3. The molecule has 0 bridgehead atoms. The Hall–Kier alpha value is -3.52. The number of ether oxygens (including phenoxy) is 4. The van der Waals surface area contributed by atoms with Gasteiger partial charge in [0.2, 0.25) is 5.79 Å². The summed E-state index contributed by atoms with van der Waals surface area (Å²) in [6.45, 7) is -0.319. The van der Waals surface area contributed by atoms with Gasteiger partial charge in [-0.2, -0.15) is 0 Å². The molecule has 13 heteroatoms. The molecule has 2 N–H and O–H groups in total. The van der Waals surface area contributed by atoms with Crippen LogP contribution in [0, 0.1) is 17.5 Å². The van der Waals surface area contributed by atoms with Crippen molar-refractivity contribution in [3.63, 3.8) is 0 Å². The van der Waals surface area contributed by atoms with Crippen molar-refractivity contribution in [2.24, 2.45) is 0 Å². The smallest absolute Gasteiger partial charge is 0.338 e. The fraction of sp³-hybridized carbons (Fsp3) is 0.423. The van der Waals surface area contributed by atoms with Crippen molar-refractivity contribution < 1.29 is 47.1 Å². The van der Waals surface area contributed by atoms with E-state index in [1.807, 2.05) is 0 Å². The summed E-state index contributed by atoms with van der Waals surface area (Å²) in [4.78, 5) is 13.3. The summed E-state index contributed by atoms with van der Waals surface area (Å²) in [5, 5.41) is 29.2. The van der Waals surface area contributed by atoms with Gasteiger partial charge in [-0.25, -0.2) is 22.6 Å². The molecule has 208 valence electrons. The van der Waals surface area contributed by atoms with Crippen LogP contribution in [0.5, 0.6) is 5.75 Å². The van der Waals surface area contributed by atoms with Gasteiger partial charge in [0.25, 0.3) is 0 Å². The number of hydrogen-bond acceptors (Lipinski definition) is 9. The standard InChI is InChI=1S/C26H26F3N3O7/c1-36-16-6-4-5-14(9-16)25(35)38-24-22(23(34)20(13-33)39-26(24)7-2-3-8-37-26)32-12-19(30-31-32)15-10-17(27)21(29)18(28)11-15/h4-6,9-12,20,22-24,33-34H,2-3,7-8,13H2,1H3/t20-,22+,23?,24-,26+/m1/s1. The molecule has 2 fully saturated rings. The second-order valence-corrected chi connectivity index (χ2v) is 9.33. The van der Waals surface area contributed by atoms with Crippen LogP contribution in [0.25, 0.3) is 11.3 Å². The first-order valence-electron chi connectivity index (χ1n) is 12.3. The predicted molar refractivity (Wildman–Crippen MR) is 127 cm³/mol. The molecule has 2 aliphatic heterocycles. The summed E-state index contributed by atoms with van der Waals surface area (Å²) in [5.74, 6) is -6.33. The summed E-state index contributed by atoms with van der Waals surface area (Å²) in [7, 11) is 1.45. The molecule has 0 aliphatic carbocycles. The minimum Gasteiger partial charge on any atom is -0.497 e. The van der Waals surface area contributed by atoms with E-state index < -0.39 is 60.2 Å². The monoisotopic (exact) mass is 549 g/mol. The van der Waals surface area contributed by atoms with Gasteiger partial charge in [0.15, 0.2) is 23.6 Å². The minimum atomic E-state index is -1.63. The van der Waals surface area contributed by atoms with Crippen LogP contribution in [0.3, 0.4) is 0 Å². The Morgan fingerprint density at radius 3 is 2.64 bits per heavy atom. The molecular formula is C26H26F3N3O7. The highest BCUT2D eigenvalue weighted by atomic mass is 19.2. The SMILES string of the molecule is COc1cccc(C(=O)O[C@@H]2[C@@H](n3cc(-c4cc(F)c(F)c(F)c4)nn3)C(O)[C@@H](CO)O[C@@]23CCCCO3)c1. The van der Waals surface area contributed by atoms with Crippen LogP contribution >= 0.6 is 0 Å². The highest BCUT2D eigenvalue weighted by molar-refractivity contribution is 5.90. The molecule has 2 saturated heterocycles. The van der Waals surface area contributed by atoms with Crippen LogP contribution in [0.15, 0.2) is 42.6 Å². The molecule has 1 spiro atoms. The molecule has 2 aliphatic rings. The number of aliphatic hydroxyl groups excluding tert-OH is 2. The van der Waals surface area contributed by atoms with E-state index in [0.29, 0.717) is 18.6 Å². The van der Waals surface area contributed by atoms with Crippen LogP contribution in [0.2, 0.25) is 0 Å². The van der Waals surface area contributed by atoms with Crippen molar-refractivity contribution in [3.05, 3.63) is 65.6 Å². The van der Waals surface area contributed by atoms with Gasteiger partial charge in [-0.1, -0.05) is 11.3 Å². The molecule has 10 nitrogen and oxygen atoms in total. The van der Waals surface area contributed by atoms with E-state index >= 15 is 0 Å². The molecule has 3 heterocycles. The lowest BCUT2D eigenvalue weighted by molar-refractivity contribution is -0.363. The van der Waals surface area contributed by atoms with Gasteiger partial charge in [-0.15, -0.1) is 5.10 Å². The normalized spacial score (nSPS) is 26.9. The molecule has 1 aromatic heterocycles. The van der Waals surface area contributed by atoms with Crippen molar-refractivity contribution in [1.29, 1.82) is 0 Å². The van der Waals surface area contributed by atoms with Crippen LogP contribution < -0.4 is 4.74 Å². The summed E-state index contributed by atoms with van der Waals surface area (Å²) >= 11 is 0. The molecule has 2 aromatic carbocycles. The van der Waals surface area contributed by atoms with Gasteiger partial charge in [-0.3, -0.25) is 0 Å². The predicted octanol–water partition coefficient (Wildman–Crippen LogP) is 2.79. The molecule has 1 unspecified atom stereocenters. The van der Waals surface area contributed by atoms with Gasteiger partial charge in [0.05, 0.1) is 32.1 Å². The Morgan fingerprint density at radius 2 is 1.97 bits per heavy atom. The van der Waals surface area contributed by atoms with Crippen LogP contribution in [0.4, 0.5) is 13.2 Å².